The van der Waals surface area contributed by atoms with Crippen LogP contribution in [0.5, 0.6) is 11.5 Å². The van der Waals surface area contributed by atoms with Crippen molar-refractivity contribution in [2.45, 2.75) is 39.0 Å². The minimum atomic E-state index is -1.10. The molecule has 3 aromatic rings. The zero-order valence-electron chi connectivity index (χ0n) is 18.7. The quantitative estimate of drug-likeness (QED) is 0.246. The fourth-order valence-electron chi connectivity index (χ4n) is 2.93. The molecule has 1 N–H and O–H groups in total. The van der Waals surface area contributed by atoms with Crippen molar-refractivity contribution >= 4 is 31.0 Å². The van der Waals surface area contributed by atoms with Crippen molar-refractivity contribution in [2.24, 2.45) is 4.99 Å². The standard InChI is InChI=1S/C24H30N4O2Si/c1-18-16-26-24-15-21(9-10-23(24)28-18)30-20-7-5-19(6-8-20)22(11-12-25)27-17-29-13-14-31(2,3)4/h5-10,12,15-16,25H,11,13-14,17H2,1-4H3. The lowest BCUT2D eigenvalue weighted by atomic mass is 10.1. The Morgan fingerprint density at radius 1 is 1.06 bits per heavy atom. The number of hydrogen-bond donors (Lipinski definition) is 1. The van der Waals surface area contributed by atoms with Gasteiger partial charge in [-0.15, -0.1) is 0 Å². The number of fused-ring (bicyclic) bond motifs is 1. The Bertz CT molecular complexity index is 1060. The van der Waals surface area contributed by atoms with Crippen molar-refractivity contribution < 1.29 is 9.47 Å². The van der Waals surface area contributed by atoms with Crippen molar-refractivity contribution in [1.29, 1.82) is 5.41 Å². The third-order valence-corrected chi connectivity index (χ3v) is 6.40. The third-order valence-electron chi connectivity index (χ3n) is 4.70. The second-order valence-corrected chi connectivity index (χ2v) is 14.3. The summed E-state index contributed by atoms with van der Waals surface area (Å²) in [6, 6.07) is 14.6. The first-order chi connectivity index (χ1) is 14.8. The summed E-state index contributed by atoms with van der Waals surface area (Å²) in [5.74, 6) is 1.44. The molecule has 162 valence electrons. The van der Waals surface area contributed by atoms with Crippen molar-refractivity contribution in [3.05, 3.63) is 59.9 Å². The predicted octanol–water partition coefficient (Wildman–Crippen LogP) is 5.87. The highest BCUT2D eigenvalue weighted by Gasteiger charge is 2.12. The van der Waals surface area contributed by atoms with Crippen molar-refractivity contribution in [2.75, 3.05) is 13.3 Å². The first-order valence-electron chi connectivity index (χ1n) is 10.5. The Hall–Kier alpha value is -2.90. The maximum atomic E-state index is 7.47. The van der Waals surface area contributed by atoms with Crippen LogP contribution in [0.3, 0.4) is 0 Å². The maximum Gasteiger partial charge on any atom is 0.137 e. The Morgan fingerprint density at radius 2 is 1.81 bits per heavy atom. The number of aliphatic imine (C=N–C) groups is 1. The first kappa shape index (κ1) is 22.8. The minimum Gasteiger partial charge on any atom is -0.457 e. The molecular formula is C24H30N4O2Si. The van der Waals surface area contributed by atoms with Crippen molar-refractivity contribution in [1.82, 2.24) is 9.97 Å². The second kappa shape index (κ2) is 10.4. The summed E-state index contributed by atoms with van der Waals surface area (Å²) in [5.41, 5.74) is 4.34. The van der Waals surface area contributed by atoms with Gasteiger partial charge < -0.3 is 14.9 Å². The van der Waals surface area contributed by atoms with Crippen molar-refractivity contribution in [3.63, 3.8) is 0 Å². The third kappa shape index (κ3) is 7.08. The highest BCUT2D eigenvalue weighted by molar-refractivity contribution is 6.76. The summed E-state index contributed by atoms with van der Waals surface area (Å²) in [6.07, 6.45) is 3.59. The van der Waals surface area contributed by atoms with E-state index in [2.05, 4.69) is 34.6 Å². The van der Waals surface area contributed by atoms with Gasteiger partial charge >= 0.3 is 0 Å². The second-order valence-electron chi connectivity index (χ2n) is 8.65. The maximum absolute atomic E-state index is 7.47. The summed E-state index contributed by atoms with van der Waals surface area (Å²) in [6.45, 7) is 9.97. The molecule has 1 heterocycles. The normalized spacial score (nSPS) is 12.2. The number of nitrogens with zero attached hydrogens (tertiary/aromatic N) is 3. The molecule has 6 nitrogen and oxygen atoms in total. The molecule has 3 rings (SSSR count). The summed E-state index contributed by atoms with van der Waals surface area (Å²) in [4.78, 5) is 13.4. The molecule has 0 radical (unpaired) electrons. The van der Waals surface area contributed by atoms with Crippen LogP contribution in [0.4, 0.5) is 0 Å². The molecule has 0 spiro atoms. The van der Waals surface area contributed by atoms with Gasteiger partial charge in [0.05, 0.1) is 22.4 Å². The Morgan fingerprint density at radius 3 is 2.52 bits per heavy atom. The fourth-order valence-corrected chi connectivity index (χ4v) is 3.69. The zero-order chi connectivity index (χ0) is 22.3. The largest absolute Gasteiger partial charge is 0.457 e. The molecule has 0 saturated carbocycles. The number of nitrogens with one attached hydrogen (secondary N) is 1. The minimum absolute atomic E-state index is 0.323. The molecule has 0 fully saturated rings. The van der Waals surface area contributed by atoms with Crippen LogP contribution < -0.4 is 4.74 Å². The van der Waals surface area contributed by atoms with Crippen LogP contribution in [0.15, 0.2) is 53.7 Å². The molecule has 1 aromatic heterocycles. The van der Waals surface area contributed by atoms with E-state index in [9.17, 15) is 0 Å². The molecule has 0 unspecified atom stereocenters. The predicted molar refractivity (Wildman–Crippen MR) is 130 cm³/mol. The Labute approximate surface area is 184 Å². The number of ether oxygens (including phenoxy) is 2. The molecule has 0 atom stereocenters. The number of hydrogen-bond acceptors (Lipinski definition) is 6. The topological polar surface area (TPSA) is 80.5 Å². The van der Waals surface area contributed by atoms with Gasteiger partial charge in [-0.2, -0.15) is 0 Å². The van der Waals surface area contributed by atoms with E-state index in [0.29, 0.717) is 18.9 Å². The number of aromatic nitrogens is 2. The van der Waals surface area contributed by atoms with Gasteiger partial charge in [0.25, 0.3) is 0 Å². The average molecular weight is 435 g/mol. The highest BCUT2D eigenvalue weighted by Crippen LogP contribution is 2.25. The molecular weight excluding hydrogens is 404 g/mol. The molecule has 0 aliphatic rings. The van der Waals surface area contributed by atoms with Crippen LogP contribution in [0.1, 0.15) is 17.7 Å². The van der Waals surface area contributed by atoms with Crippen molar-refractivity contribution in [3.8, 4) is 11.5 Å². The van der Waals surface area contributed by atoms with Gasteiger partial charge in [-0.1, -0.05) is 19.6 Å². The van der Waals surface area contributed by atoms with E-state index in [1.54, 1.807) is 6.20 Å². The molecule has 2 aromatic carbocycles. The Balaban J connectivity index is 1.65. The van der Waals surface area contributed by atoms with E-state index < -0.39 is 8.07 Å². The summed E-state index contributed by atoms with van der Waals surface area (Å²) < 4.78 is 11.7. The lowest BCUT2D eigenvalue weighted by Gasteiger charge is -2.14. The van der Waals surface area contributed by atoms with Gasteiger partial charge in [0.15, 0.2) is 0 Å². The molecule has 0 bridgehead atoms. The van der Waals surface area contributed by atoms with Gasteiger partial charge in [-0.05, 0) is 54.9 Å². The molecule has 7 heteroatoms. The summed E-state index contributed by atoms with van der Waals surface area (Å²) in [7, 11) is -1.10. The van der Waals surface area contributed by atoms with E-state index in [-0.39, 0.29) is 0 Å². The highest BCUT2D eigenvalue weighted by atomic mass is 28.3. The number of benzene rings is 2. The van der Waals surface area contributed by atoms with Gasteiger partial charge in [0.1, 0.15) is 18.2 Å². The molecule has 0 aliphatic heterocycles. The van der Waals surface area contributed by atoms with E-state index in [4.69, 9.17) is 14.9 Å². The Kier molecular flexibility index (Phi) is 7.65. The smallest absolute Gasteiger partial charge is 0.137 e. The average Bonchev–Trinajstić information content (AvgIpc) is 2.73. The van der Waals surface area contributed by atoms with E-state index >= 15 is 0 Å². The van der Waals surface area contributed by atoms with Crippen LogP contribution in [0.2, 0.25) is 25.7 Å². The molecule has 0 amide bonds. The van der Waals surface area contributed by atoms with Crippen LogP contribution in [0.25, 0.3) is 11.0 Å². The van der Waals surface area contributed by atoms with E-state index in [0.717, 1.165) is 46.4 Å². The lowest BCUT2D eigenvalue weighted by molar-refractivity contribution is 0.155. The number of aryl methyl sites for hydroxylation is 1. The summed E-state index contributed by atoms with van der Waals surface area (Å²) >= 11 is 0. The van der Waals surface area contributed by atoms with E-state index in [1.165, 1.54) is 6.21 Å². The van der Waals surface area contributed by atoms with Gasteiger partial charge in [0, 0.05) is 39.6 Å². The number of rotatable bonds is 10. The van der Waals surface area contributed by atoms with Crippen LogP contribution in [0, 0.1) is 12.3 Å². The molecule has 0 aliphatic carbocycles. The molecule has 31 heavy (non-hydrogen) atoms. The van der Waals surface area contributed by atoms with Crippen LogP contribution in [-0.4, -0.2) is 43.3 Å². The van der Waals surface area contributed by atoms with Gasteiger partial charge in [-0.3, -0.25) is 9.98 Å². The van der Waals surface area contributed by atoms with Gasteiger partial charge in [0.2, 0.25) is 0 Å². The first-order valence-corrected chi connectivity index (χ1v) is 14.2. The SMILES string of the molecule is Cc1cnc2cc(Oc3ccc(C(CC=N)=NCOCC[Si](C)(C)C)cc3)ccc2n1. The van der Waals surface area contributed by atoms with Crippen LogP contribution >= 0.6 is 0 Å². The zero-order valence-corrected chi connectivity index (χ0v) is 19.7. The van der Waals surface area contributed by atoms with Crippen LogP contribution in [-0.2, 0) is 4.74 Å². The van der Waals surface area contributed by atoms with Gasteiger partial charge in [-0.25, -0.2) is 4.98 Å². The lowest BCUT2D eigenvalue weighted by Crippen LogP contribution is -2.21. The monoisotopic (exact) mass is 434 g/mol. The van der Waals surface area contributed by atoms with E-state index in [1.807, 2.05) is 49.4 Å². The fraction of sp³-hybridized carbons (Fsp3) is 0.333. The summed E-state index contributed by atoms with van der Waals surface area (Å²) in [5, 5.41) is 7.47. The molecule has 0 saturated heterocycles.